The summed E-state index contributed by atoms with van der Waals surface area (Å²) < 4.78 is 7.05. The molecule has 0 saturated carbocycles. The summed E-state index contributed by atoms with van der Waals surface area (Å²) in [6, 6.07) is 15.5. The normalized spacial score (nSPS) is 12.0. The molecular weight excluding hydrogens is 394 g/mol. The van der Waals surface area contributed by atoms with E-state index in [0.29, 0.717) is 17.5 Å². The van der Waals surface area contributed by atoms with Crippen molar-refractivity contribution >= 4 is 36.1 Å². The molecule has 0 aliphatic heterocycles. The van der Waals surface area contributed by atoms with Crippen molar-refractivity contribution in [3.63, 3.8) is 0 Å². The lowest BCUT2D eigenvalue weighted by Gasteiger charge is -2.33. The topological polar surface area (TPSA) is 60.9 Å². The van der Waals surface area contributed by atoms with Gasteiger partial charge in [-0.3, -0.25) is 15.4 Å². The number of benzene rings is 2. The van der Waals surface area contributed by atoms with Gasteiger partial charge in [0.25, 0.3) is 0 Å². The standard InChI is InChI=1S/C20H27ClN5OS/c1-14(2)24-26(28)25-20(22-13-16-5-7-17(21)8-6-16)23-18-9-11-19(12-10-18)27-15(3)4/h5-12,14-15,24H,13H2,1-4H3,(H2,22,23,25)/q-1. The second-order valence-electron chi connectivity index (χ2n) is 6.80. The molecule has 0 atom stereocenters. The molecule has 0 bridgehead atoms. The Bertz CT molecular complexity index is 750. The summed E-state index contributed by atoms with van der Waals surface area (Å²) in [5.74, 6) is 1.34. The number of ether oxygens (including phenoxy) is 1. The first-order valence-electron chi connectivity index (χ1n) is 9.14. The highest BCUT2D eigenvalue weighted by Gasteiger charge is 2.04. The van der Waals surface area contributed by atoms with Crippen molar-refractivity contribution in [3.05, 3.63) is 59.1 Å². The molecule has 0 unspecified atom stereocenters. The molecule has 0 aromatic heterocycles. The molecule has 0 saturated heterocycles. The van der Waals surface area contributed by atoms with E-state index in [0.717, 1.165) is 17.0 Å². The third-order valence-electron chi connectivity index (χ3n) is 3.40. The number of guanidine groups is 1. The Morgan fingerprint density at radius 3 is 2.29 bits per heavy atom. The zero-order chi connectivity index (χ0) is 20.5. The van der Waals surface area contributed by atoms with E-state index in [1.165, 1.54) is 4.52 Å². The van der Waals surface area contributed by atoms with Crippen LogP contribution in [-0.4, -0.2) is 22.6 Å². The van der Waals surface area contributed by atoms with Crippen LogP contribution in [0.2, 0.25) is 5.02 Å². The van der Waals surface area contributed by atoms with Gasteiger partial charge in [-0.1, -0.05) is 23.7 Å². The van der Waals surface area contributed by atoms with Gasteiger partial charge in [0.1, 0.15) is 5.75 Å². The quantitative estimate of drug-likeness (QED) is 0.256. The monoisotopic (exact) mass is 420 g/mol. The summed E-state index contributed by atoms with van der Waals surface area (Å²) >= 11 is 11.2. The Hall–Kier alpha value is -1.93. The van der Waals surface area contributed by atoms with E-state index in [1.54, 1.807) is 0 Å². The largest absolute Gasteiger partial charge is 0.659 e. The van der Waals surface area contributed by atoms with Crippen LogP contribution in [0.4, 0.5) is 5.69 Å². The smallest absolute Gasteiger partial charge is 0.210 e. The van der Waals surface area contributed by atoms with Gasteiger partial charge in [-0.2, -0.15) is 0 Å². The molecule has 2 rings (SSSR count). The molecule has 0 aliphatic rings. The van der Waals surface area contributed by atoms with Crippen LogP contribution in [0.5, 0.6) is 5.75 Å². The first-order valence-corrected chi connectivity index (χ1v) is 9.89. The minimum absolute atomic E-state index is 0.132. The molecular formula is C20H27ClN5OS-. The number of nitrogens with zero attached hydrogens (tertiary/aromatic N) is 2. The van der Waals surface area contributed by atoms with Crippen molar-refractivity contribution in [2.45, 2.75) is 46.4 Å². The number of rotatable bonds is 8. The lowest BCUT2D eigenvalue weighted by Crippen LogP contribution is -2.51. The molecule has 0 aliphatic carbocycles. The Balaban J connectivity index is 2.10. The lowest BCUT2D eigenvalue weighted by atomic mass is 10.2. The molecule has 3 N–H and O–H groups in total. The van der Waals surface area contributed by atoms with Crippen LogP contribution < -0.4 is 20.9 Å². The van der Waals surface area contributed by atoms with Crippen molar-refractivity contribution in [1.82, 2.24) is 15.4 Å². The number of nitrogens with one attached hydrogen (secondary N) is 3. The number of anilines is 1. The number of halogens is 1. The van der Waals surface area contributed by atoms with Gasteiger partial charge in [0.15, 0.2) is 0 Å². The van der Waals surface area contributed by atoms with Gasteiger partial charge in [0.05, 0.1) is 12.6 Å². The van der Waals surface area contributed by atoms with Crippen LogP contribution in [0.3, 0.4) is 0 Å². The zero-order valence-corrected chi connectivity index (χ0v) is 18.1. The predicted octanol–water partition coefficient (Wildman–Crippen LogP) is 4.28. The summed E-state index contributed by atoms with van der Waals surface area (Å²) in [6.07, 6.45) is 0.132. The Labute approximate surface area is 177 Å². The SMILES string of the molecule is CC(C)NN([S-])NC(=NCc1ccc(Cl)cc1)Nc1ccc(OC(C)C)cc1. The van der Waals surface area contributed by atoms with Crippen molar-refractivity contribution in [2.75, 3.05) is 5.32 Å². The summed E-state index contributed by atoms with van der Waals surface area (Å²) in [7, 11) is 0. The maximum Gasteiger partial charge on any atom is 0.210 e. The number of hydrogen-bond donors (Lipinski definition) is 3. The summed E-state index contributed by atoms with van der Waals surface area (Å²) in [5.41, 5.74) is 8.03. The third kappa shape index (κ3) is 8.39. The molecule has 152 valence electrons. The van der Waals surface area contributed by atoms with E-state index in [4.69, 9.17) is 29.2 Å². The Morgan fingerprint density at radius 1 is 1.07 bits per heavy atom. The van der Waals surface area contributed by atoms with Gasteiger partial charge in [-0.25, -0.2) is 4.99 Å². The minimum atomic E-state index is 0.132. The third-order valence-corrected chi connectivity index (χ3v) is 3.85. The van der Waals surface area contributed by atoms with Crippen molar-refractivity contribution in [2.24, 2.45) is 4.99 Å². The maximum atomic E-state index is 5.94. The van der Waals surface area contributed by atoms with Crippen LogP contribution in [0, 0.1) is 0 Å². The van der Waals surface area contributed by atoms with Crippen LogP contribution in [-0.2, 0) is 19.4 Å². The number of hydrogen-bond acceptors (Lipinski definition) is 5. The lowest BCUT2D eigenvalue weighted by molar-refractivity contribution is 0.242. The molecule has 2 aromatic carbocycles. The van der Waals surface area contributed by atoms with E-state index in [1.807, 2.05) is 76.2 Å². The number of hydrazine groups is 2. The Kier molecular flexibility index (Phi) is 8.92. The molecule has 2 aromatic rings. The van der Waals surface area contributed by atoms with Crippen molar-refractivity contribution in [3.8, 4) is 5.75 Å². The summed E-state index contributed by atoms with van der Waals surface area (Å²) in [5, 5.41) is 3.95. The van der Waals surface area contributed by atoms with Gasteiger partial charge in [-0.15, -0.1) is 0 Å². The van der Waals surface area contributed by atoms with E-state index < -0.39 is 0 Å². The van der Waals surface area contributed by atoms with Crippen LogP contribution in [0.1, 0.15) is 33.3 Å². The molecule has 6 nitrogen and oxygen atoms in total. The molecule has 0 radical (unpaired) electrons. The average molecular weight is 421 g/mol. The van der Waals surface area contributed by atoms with Gasteiger partial charge in [-0.05, 0) is 69.7 Å². The van der Waals surface area contributed by atoms with Gasteiger partial charge >= 0.3 is 0 Å². The highest BCUT2D eigenvalue weighted by molar-refractivity contribution is 7.55. The van der Waals surface area contributed by atoms with Gasteiger partial charge < -0.3 is 22.9 Å². The van der Waals surface area contributed by atoms with E-state index >= 15 is 0 Å². The second-order valence-corrected chi connectivity index (χ2v) is 7.60. The van der Waals surface area contributed by atoms with E-state index in [2.05, 4.69) is 21.2 Å². The van der Waals surface area contributed by atoms with Gasteiger partial charge in [0.2, 0.25) is 5.96 Å². The first-order chi connectivity index (χ1) is 13.3. The fourth-order valence-corrected chi connectivity index (χ4v) is 2.67. The molecule has 0 amide bonds. The number of aliphatic imine (C=N–C) groups is 1. The summed E-state index contributed by atoms with van der Waals surface area (Å²) in [4.78, 5) is 4.61. The first kappa shape index (κ1) is 22.4. The fraction of sp³-hybridized carbons (Fsp3) is 0.350. The predicted molar refractivity (Wildman–Crippen MR) is 119 cm³/mol. The molecule has 0 spiro atoms. The van der Waals surface area contributed by atoms with Crippen molar-refractivity contribution in [1.29, 1.82) is 0 Å². The fourth-order valence-electron chi connectivity index (χ4n) is 2.25. The second kappa shape index (κ2) is 11.2. The van der Waals surface area contributed by atoms with Crippen LogP contribution >= 0.6 is 11.6 Å². The molecule has 0 heterocycles. The van der Waals surface area contributed by atoms with Gasteiger partial charge in [0, 0.05) is 16.8 Å². The van der Waals surface area contributed by atoms with Crippen LogP contribution in [0.25, 0.3) is 0 Å². The summed E-state index contributed by atoms with van der Waals surface area (Å²) in [6.45, 7) is 8.49. The maximum absolute atomic E-state index is 5.94. The zero-order valence-electron chi connectivity index (χ0n) is 16.6. The molecule has 28 heavy (non-hydrogen) atoms. The van der Waals surface area contributed by atoms with Crippen LogP contribution in [0.15, 0.2) is 53.5 Å². The van der Waals surface area contributed by atoms with Crippen molar-refractivity contribution < 1.29 is 4.74 Å². The highest BCUT2D eigenvalue weighted by Crippen LogP contribution is 2.17. The molecule has 0 fully saturated rings. The minimum Gasteiger partial charge on any atom is -0.659 e. The Morgan fingerprint density at radius 2 is 1.71 bits per heavy atom. The average Bonchev–Trinajstić information content (AvgIpc) is 2.61. The van der Waals surface area contributed by atoms with E-state index in [9.17, 15) is 0 Å². The van der Waals surface area contributed by atoms with E-state index in [-0.39, 0.29) is 12.1 Å². The highest BCUT2D eigenvalue weighted by atomic mass is 35.5. The molecule has 8 heteroatoms.